The van der Waals surface area contributed by atoms with Crippen molar-refractivity contribution in [1.82, 2.24) is 5.43 Å². The van der Waals surface area contributed by atoms with E-state index in [4.69, 9.17) is 9.47 Å². The molecule has 0 heterocycles. The Kier molecular flexibility index (Phi) is 8.12. The van der Waals surface area contributed by atoms with Gasteiger partial charge in [-0.2, -0.15) is 5.10 Å². The molecule has 8 heteroatoms. The van der Waals surface area contributed by atoms with Crippen LogP contribution in [-0.4, -0.2) is 30.3 Å². The normalized spacial score (nSPS) is 11.2. The van der Waals surface area contributed by atoms with Gasteiger partial charge < -0.3 is 14.6 Å². The number of hydrazone groups is 1. The first-order valence-electron chi connectivity index (χ1n) is 11.2. The average molecular weight is 559 g/mol. The first-order valence-corrected chi connectivity index (χ1v) is 12.0. The number of carbonyl (C=O) groups is 2. The van der Waals surface area contributed by atoms with E-state index in [1.807, 2.05) is 0 Å². The van der Waals surface area contributed by atoms with Crippen LogP contribution < -0.4 is 14.9 Å². The molecule has 0 aliphatic rings. The molecule has 0 fully saturated rings. The predicted octanol–water partition coefficient (Wildman–Crippen LogP) is 5.06. The maximum absolute atomic E-state index is 13.2. The lowest BCUT2D eigenvalue weighted by atomic mass is 9.85. The average Bonchev–Trinajstić information content (AvgIpc) is 2.94. The molecular weight excluding hydrogens is 536 g/mol. The maximum atomic E-state index is 13.2. The number of amides is 1. The molecule has 7 nitrogen and oxygen atoms in total. The van der Waals surface area contributed by atoms with Gasteiger partial charge in [0.25, 0.3) is 5.91 Å². The van der Waals surface area contributed by atoms with Gasteiger partial charge in [-0.1, -0.05) is 72.8 Å². The predicted molar refractivity (Wildman–Crippen MR) is 144 cm³/mol. The fourth-order valence-electron chi connectivity index (χ4n) is 3.66. The number of ether oxygens (including phenoxy) is 2. The summed E-state index contributed by atoms with van der Waals surface area (Å²) >= 11 is 3.34. The van der Waals surface area contributed by atoms with Crippen molar-refractivity contribution in [2.75, 3.05) is 7.11 Å². The van der Waals surface area contributed by atoms with Gasteiger partial charge in [-0.05, 0) is 63.0 Å². The Balaban J connectivity index is 1.51. The van der Waals surface area contributed by atoms with Gasteiger partial charge in [0.1, 0.15) is 0 Å². The fraction of sp³-hybridized carbons (Fsp3) is 0.0690. The molecule has 0 unspecified atom stereocenters. The summed E-state index contributed by atoms with van der Waals surface area (Å²) in [4.78, 5) is 25.7. The van der Waals surface area contributed by atoms with Crippen molar-refractivity contribution in [3.05, 3.63) is 130 Å². The number of hydrogen-bond donors (Lipinski definition) is 2. The zero-order chi connectivity index (χ0) is 26.3. The lowest BCUT2D eigenvalue weighted by molar-refractivity contribution is -0.136. The summed E-state index contributed by atoms with van der Waals surface area (Å²) in [5, 5.41) is 15.5. The Morgan fingerprint density at radius 3 is 2.05 bits per heavy atom. The lowest BCUT2D eigenvalue weighted by Crippen LogP contribution is -2.43. The summed E-state index contributed by atoms with van der Waals surface area (Å²) in [5.74, 6) is -0.722. The molecule has 0 aliphatic carbocycles. The van der Waals surface area contributed by atoms with E-state index in [1.165, 1.54) is 13.3 Å². The van der Waals surface area contributed by atoms with E-state index in [0.717, 1.165) is 0 Å². The van der Waals surface area contributed by atoms with Crippen molar-refractivity contribution in [2.45, 2.75) is 5.60 Å². The molecular formula is C29H23BrN2O5. The minimum atomic E-state index is -1.94. The third-order valence-electron chi connectivity index (χ3n) is 5.58. The van der Waals surface area contributed by atoms with Crippen molar-refractivity contribution in [1.29, 1.82) is 0 Å². The van der Waals surface area contributed by atoms with Crippen molar-refractivity contribution in [3.8, 4) is 11.5 Å². The number of carbonyl (C=O) groups excluding carboxylic acids is 2. The number of rotatable bonds is 8. The molecule has 0 radical (unpaired) electrons. The van der Waals surface area contributed by atoms with Gasteiger partial charge in [-0.3, -0.25) is 4.79 Å². The van der Waals surface area contributed by atoms with Gasteiger partial charge in [-0.15, -0.1) is 0 Å². The Morgan fingerprint density at radius 2 is 1.46 bits per heavy atom. The van der Waals surface area contributed by atoms with Crippen molar-refractivity contribution >= 4 is 34.0 Å². The first kappa shape index (κ1) is 25.8. The van der Waals surface area contributed by atoms with Gasteiger partial charge in [0.15, 0.2) is 17.1 Å². The molecule has 186 valence electrons. The monoisotopic (exact) mass is 558 g/mol. The molecule has 0 aromatic heterocycles. The van der Waals surface area contributed by atoms with E-state index in [0.29, 0.717) is 32.5 Å². The third-order valence-corrected chi connectivity index (χ3v) is 6.27. The van der Waals surface area contributed by atoms with Crippen molar-refractivity contribution in [3.63, 3.8) is 0 Å². The summed E-state index contributed by atoms with van der Waals surface area (Å²) < 4.78 is 11.5. The summed E-state index contributed by atoms with van der Waals surface area (Å²) in [5.41, 5.74) is 2.25. The van der Waals surface area contributed by atoms with Gasteiger partial charge in [-0.25, -0.2) is 10.2 Å². The number of esters is 1. The Morgan fingerprint density at radius 1 is 0.865 bits per heavy atom. The van der Waals surface area contributed by atoms with Gasteiger partial charge in [0.2, 0.25) is 0 Å². The highest BCUT2D eigenvalue weighted by Crippen LogP contribution is 2.31. The minimum absolute atomic E-state index is 0.229. The molecule has 2 N–H and O–H groups in total. The molecule has 4 aromatic carbocycles. The van der Waals surface area contributed by atoms with Crippen LogP contribution in [0.2, 0.25) is 0 Å². The topological polar surface area (TPSA) is 97.2 Å². The standard InChI is InChI=1S/C29H23BrN2O5/c1-36-26-18-20(16-17-25(26)37-27(33)23-14-8-9-15-24(23)30)19-31-32-28(34)29(35,21-10-4-2-5-11-21)22-12-6-3-7-13-22/h2-19,35H,1H3,(H,32,34)/b31-19+. The van der Waals surface area contributed by atoms with Crippen molar-refractivity contribution in [2.24, 2.45) is 5.10 Å². The second kappa shape index (κ2) is 11.6. The number of benzene rings is 4. The van der Waals surface area contributed by atoms with E-state index in [2.05, 4.69) is 26.5 Å². The minimum Gasteiger partial charge on any atom is -0.493 e. The largest absolute Gasteiger partial charge is 0.493 e. The van der Waals surface area contributed by atoms with E-state index < -0.39 is 17.5 Å². The molecule has 37 heavy (non-hydrogen) atoms. The summed E-state index contributed by atoms with van der Waals surface area (Å²) in [7, 11) is 1.45. The number of nitrogens with zero attached hydrogens (tertiary/aromatic N) is 1. The highest BCUT2D eigenvalue weighted by atomic mass is 79.9. The Bertz CT molecular complexity index is 1390. The van der Waals surface area contributed by atoms with Crippen LogP contribution >= 0.6 is 15.9 Å². The first-order chi connectivity index (χ1) is 17.9. The molecule has 0 saturated carbocycles. The second-order valence-corrected chi connectivity index (χ2v) is 8.78. The third kappa shape index (κ3) is 5.77. The lowest BCUT2D eigenvalue weighted by Gasteiger charge is -2.27. The van der Waals surface area contributed by atoms with Crippen molar-refractivity contribution < 1.29 is 24.2 Å². The Labute approximate surface area is 222 Å². The van der Waals surface area contributed by atoms with E-state index in [-0.39, 0.29) is 5.75 Å². The quantitative estimate of drug-likeness (QED) is 0.136. The van der Waals surface area contributed by atoms with Gasteiger partial charge in [0.05, 0.1) is 18.9 Å². The van der Waals surface area contributed by atoms with Gasteiger partial charge in [0, 0.05) is 4.47 Å². The van der Waals surface area contributed by atoms with Crippen LogP contribution in [0.15, 0.2) is 113 Å². The van der Waals surface area contributed by atoms with Crippen LogP contribution in [0.3, 0.4) is 0 Å². The number of halogens is 1. The van der Waals surface area contributed by atoms with Crippen LogP contribution in [0.4, 0.5) is 0 Å². The molecule has 0 bridgehead atoms. The molecule has 0 aliphatic heterocycles. The van der Waals surface area contributed by atoms with Crippen LogP contribution in [0.1, 0.15) is 27.0 Å². The molecule has 0 saturated heterocycles. The van der Waals surface area contributed by atoms with E-state index in [9.17, 15) is 14.7 Å². The summed E-state index contributed by atoms with van der Waals surface area (Å²) in [6.45, 7) is 0. The van der Waals surface area contributed by atoms with Crippen LogP contribution in [0, 0.1) is 0 Å². The summed E-state index contributed by atoms with van der Waals surface area (Å²) in [6.07, 6.45) is 1.40. The molecule has 4 aromatic rings. The highest BCUT2D eigenvalue weighted by molar-refractivity contribution is 9.10. The number of methoxy groups -OCH3 is 1. The number of hydrogen-bond acceptors (Lipinski definition) is 6. The maximum Gasteiger partial charge on any atom is 0.344 e. The Hall–Kier alpha value is -4.27. The number of aliphatic hydroxyl groups is 1. The number of nitrogens with one attached hydrogen (secondary N) is 1. The smallest absolute Gasteiger partial charge is 0.344 e. The van der Waals surface area contributed by atoms with E-state index >= 15 is 0 Å². The SMILES string of the molecule is COc1cc(/C=N/NC(=O)C(O)(c2ccccc2)c2ccccc2)ccc1OC(=O)c1ccccc1Br. The van der Waals surface area contributed by atoms with E-state index in [1.54, 1.807) is 103 Å². The van der Waals surface area contributed by atoms with Crippen LogP contribution in [-0.2, 0) is 10.4 Å². The second-order valence-electron chi connectivity index (χ2n) is 7.92. The summed E-state index contributed by atoms with van der Waals surface area (Å²) in [6, 6.07) is 29.1. The highest BCUT2D eigenvalue weighted by Gasteiger charge is 2.39. The van der Waals surface area contributed by atoms with Crippen LogP contribution in [0.5, 0.6) is 11.5 Å². The molecule has 1 amide bonds. The van der Waals surface area contributed by atoms with Crippen LogP contribution in [0.25, 0.3) is 0 Å². The molecule has 0 atom stereocenters. The zero-order valence-electron chi connectivity index (χ0n) is 19.8. The zero-order valence-corrected chi connectivity index (χ0v) is 21.4. The fourth-order valence-corrected chi connectivity index (χ4v) is 4.11. The molecule has 0 spiro atoms. The van der Waals surface area contributed by atoms with Gasteiger partial charge >= 0.3 is 5.97 Å². The molecule has 4 rings (SSSR count).